The van der Waals surface area contributed by atoms with Crippen molar-refractivity contribution in [2.75, 3.05) is 0 Å². The summed E-state index contributed by atoms with van der Waals surface area (Å²) in [6.45, 7) is 12.0. The van der Waals surface area contributed by atoms with Gasteiger partial charge in [-0.05, 0) is 18.4 Å². The fourth-order valence-electron chi connectivity index (χ4n) is 1.56. The van der Waals surface area contributed by atoms with Crippen LogP contribution in [-0.4, -0.2) is 8.07 Å². The Morgan fingerprint density at radius 3 is 2.08 bits per heavy atom. The van der Waals surface area contributed by atoms with E-state index in [0.717, 1.165) is 5.54 Å². The zero-order valence-electron chi connectivity index (χ0n) is 10.1. The van der Waals surface area contributed by atoms with Crippen LogP contribution >= 0.6 is 0 Å². The van der Waals surface area contributed by atoms with Crippen molar-refractivity contribution in [1.82, 2.24) is 0 Å². The van der Waals surface area contributed by atoms with Gasteiger partial charge in [0.15, 0.2) is 0 Å². The number of unbranched alkanes of at least 4 members (excludes halogenated alkanes) is 1. The lowest BCUT2D eigenvalue weighted by molar-refractivity contribution is 0.787. The van der Waals surface area contributed by atoms with Gasteiger partial charge >= 0.3 is 0 Å². The molecule has 1 unspecified atom stereocenters. The third kappa shape index (κ3) is 6.09. The molecule has 0 aliphatic heterocycles. The Bertz CT molecular complexity index is 142. The summed E-state index contributed by atoms with van der Waals surface area (Å²) >= 11 is 0. The van der Waals surface area contributed by atoms with Crippen LogP contribution < -0.4 is 0 Å². The molecule has 0 bridgehead atoms. The molecule has 0 saturated carbocycles. The standard InChI is InChI=1S/C12H26Si/c1-6-8-9-11-12(10-7-2)13(3,4)5/h9,11-12H,6-8,10H2,1-5H3/b11-9+. The van der Waals surface area contributed by atoms with E-state index in [2.05, 4.69) is 45.6 Å². The van der Waals surface area contributed by atoms with Gasteiger partial charge < -0.3 is 0 Å². The van der Waals surface area contributed by atoms with Crippen molar-refractivity contribution in [3.05, 3.63) is 12.2 Å². The summed E-state index contributed by atoms with van der Waals surface area (Å²) < 4.78 is 0. The topological polar surface area (TPSA) is 0 Å². The summed E-state index contributed by atoms with van der Waals surface area (Å²) in [5.74, 6) is 0. The van der Waals surface area contributed by atoms with Crippen molar-refractivity contribution < 1.29 is 0 Å². The molecule has 78 valence electrons. The molecule has 0 N–H and O–H groups in total. The Hall–Kier alpha value is -0.0431. The molecule has 0 fully saturated rings. The quantitative estimate of drug-likeness (QED) is 0.423. The Kier molecular flexibility index (Phi) is 6.40. The maximum atomic E-state index is 2.49. The lowest BCUT2D eigenvalue weighted by Crippen LogP contribution is -2.26. The highest BCUT2D eigenvalue weighted by Crippen LogP contribution is 2.28. The van der Waals surface area contributed by atoms with Crippen LogP contribution in [0.15, 0.2) is 12.2 Å². The summed E-state index contributed by atoms with van der Waals surface area (Å²) in [4.78, 5) is 0. The third-order valence-corrected chi connectivity index (χ3v) is 5.24. The van der Waals surface area contributed by atoms with E-state index in [-0.39, 0.29) is 0 Å². The zero-order chi connectivity index (χ0) is 10.3. The lowest BCUT2D eigenvalue weighted by atomic mass is 10.2. The van der Waals surface area contributed by atoms with Gasteiger partial charge in [0.25, 0.3) is 0 Å². The van der Waals surface area contributed by atoms with Gasteiger partial charge in [0.1, 0.15) is 0 Å². The van der Waals surface area contributed by atoms with Crippen LogP contribution in [0, 0.1) is 0 Å². The molecule has 0 aromatic rings. The molecule has 0 nitrogen and oxygen atoms in total. The average Bonchev–Trinajstić information content (AvgIpc) is 2.01. The van der Waals surface area contributed by atoms with E-state index in [1.165, 1.54) is 25.7 Å². The highest BCUT2D eigenvalue weighted by atomic mass is 28.3. The summed E-state index contributed by atoms with van der Waals surface area (Å²) in [5, 5.41) is 0. The van der Waals surface area contributed by atoms with E-state index in [1.54, 1.807) is 0 Å². The largest absolute Gasteiger partial charge is 0.0886 e. The smallest absolute Gasteiger partial charge is 0.0513 e. The molecule has 1 heteroatoms. The first-order chi connectivity index (χ1) is 6.02. The maximum Gasteiger partial charge on any atom is 0.0513 e. The van der Waals surface area contributed by atoms with Crippen molar-refractivity contribution in [2.45, 2.75) is 64.7 Å². The number of hydrogen-bond donors (Lipinski definition) is 0. The fourth-order valence-corrected chi connectivity index (χ4v) is 3.42. The van der Waals surface area contributed by atoms with Crippen LogP contribution in [-0.2, 0) is 0 Å². The molecule has 0 aliphatic rings. The molecule has 1 atom stereocenters. The summed E-state index contributed by atoms with van der Waals surface area (Å²) in [6, 6.07) is 0. The Labute approximate surface area is 85.4 Å². The monoisotopic (exact) mass is 198 g/mol. The van der Waals surface area contributed by atoms with Crippen molar-refractivity contribution in [2.24, 2.45) is 0 Å². The van der Waals surface area contributed by atoms with Crippen LogP contribution in [0.5, 0.6) is 0 Å². The molecule has 0 aromatic heterocycles. The zero-order valence-corrected chi connectivity index (χ0v) is 11.1. The molecule has 0 saturated heterocycles. The minimum absolute atomic E-state index is 0.893. The SMILES string of the molecule is CCC/C=C/C(CCC)[Si](C)(C)C. The van der Waals surface area contributed by atoms with Crippen LogP contribution in [0.25, 0.3) is 0 Å². The average molecular weight is 198 g/mol. The van der Waals surface area contributed by atoms with Gasteiger partial charge in [0, 0.05) is 0 Å². The highest BCUT2D eigenvalue weighted by Gasteiger charge is 2.22. The minimum atomic E-state index is -0.944. The molecule has 0 aromatic carbocycles. The lowest BCUT2D eigenvalue weighted by Gasteiger charge is -2.25. The van der Waals surface area contributed by atoms with Crippen molar-refractivity contribution >= 4 is 8.07 Å². The predicted molar refractivity (Wildman–Crippen MR) is 66.1 cm³/mol. The van der Waals surface area contributed by atoms with Crippen LogP contribution in [0.2, 0.25) is 25.2 Å². The van der Waals surface area contributed by atoms with E-state index < -0.39 is 8.07 Å². The van der Waals surface area contributed by atoms with Gasteiger partial charge in [-0.1, -0.05) is 58.5 Å². The molecule has 0 radical (unpaired) electrons. The van der Waals surface area contributed by atoms with E-state index in [0.29, 0.717) is 0 Å². The summed E-state index contributed by atoms with van der Waals surface area (Å²) in [5.41, 5.74) is 0.893. The minimum Gasteiger partial charge on any atom is -0.0886 e. The van der Waals surface area contributed by atoms with Crippen LogP contribution in [0.4, 0.5) is 0 Å². The van der Waals surface area contributed by atoms with Gasteiger partial charge in [0.05, 0.1) is 8.07 Å². The van der Waals surface area contributed by atoms with Crippen molar-refractivity contribution in [3.8, 4) is 0 Å². The first-order valence-electron chi connectivity index (χ1n) is 5.69. The molecule has 0 spiro atoms. The maximum absolute atomic E-state index is 2.49. The highest BCUT2D eigenvalue weighted by molar-refractivity contribution is 6.78. The van der Waals surface area contributed by atoms with Crippen LogP contribution in [0.1, 0.15) is 39.5 Å². The number of rotatable bonds is 6. The first kappa shape index (κ1) is 13.0. The molecule has 0 heterocycles. The molecule has 0 amide bonds. The molecular weight excluding hydrogens is 172 g/mol. The van der Waals surface area contributed by atoms with Gasteiger partial charge in [-0.15, -0.1) is 0 Å². The first-order valence-corrected chi connectivity index (χ1v) is 9.26. The van der Waals surface area contributed by atoms with E-state index in [9.17, 15) is 0 Å². The molecule has 13 heavy (non-hydrogen) atoms. The number of hydrogen-bond acceptors (Lipinski definition) is 0. The second-order valence-electron chi connectivity index (χ2n) is 4.98. The summed E-state index contributed by atoms with van der Waals surface area (Å²) in [6.07, 6.45) is 10.1. The summed E-state index contributed by atoms with van der Waals surface area (Å²) in [7, 11) is -0.944. The van der Waals surface area contributed by atoms with Gasteiger partial charge in [-0.2, -0.15) is 0 Å². The fraction of sp³-hybridized carbons (Fsp3) is 0.833. The Balaban J connectivity index is 4.09. The Morgan fingerprint density at radius 1 is 1.08 bits per heavy atom. The van der Waals surface area contributed by atoms with E-state index in [4.69, 9.17) is 0 Å². The second kappa shape index (κ2) is 6.42. The second-order valence-corrected chi connectivity index (χ2v) is 10.5. The van der Waals surface area contributed by atoms with E-state index in [1.807, 2.05) is 0 Å². The van der Waals surface area contributed by atoms with Gasteiger partial charge in [0.2, 0.25) is 0 Å². The molecular formula is C12H26Si. The molecule has 0 aliphatic carbocycles. The normalized spacial score (nSPS) is 15.2. The van der Waals surface area contributed by atoms with E-state index >= 15 is 0 Å². The third-order valence-electron chi connectivity index (χ3n) is 2.54. The predicted octanol–water partition coefficient (Wildman–Crippen LogP) is 4.85. The van der Waals surface area contributed by atoms with Crippen molar-refractivity contribution in [3.63, 3.8) is 0 Å². The molecule has 0 rings (SSSR count). The van der Waals surface area contributed by atoms with Gasteiger partial charge in [-0.25, -0.2) is 0 Å². The number of allylic oxidation sites excluding steroid dienone is 2. The van der Waals surface area contributed by atoms with Crippen LogP contribution in [0.3, 0.4) is 0 Å². The Morgan fingerprint density at radius 2 is 1.69 bits per heavy atom. The van der Waals surface area contributed by atoms with Gasteiger partial charge in [-0.3, -0.25) is 0 Å². The van der Waals surface area contributed by atoms with Crippen molar-refractivity contribution in [1.29, 1.82) is 0 Å².